The normalized spacial score (nSPS) is 8.07. The molecule has 0 aromatic heterocycles. The van der Waals surface area contributed by atoms with Crippen LogP contribution in [0, 0.1) is 0 Å². The monoisotopic (exact) mass is 202 g/mol. The summed E-state index contributed by atoms with van der Waals surface area (Å²) in [5, 5.41) is 15.9. The molecular weight excluding hydrogens is 188 g/mol. The molecular formula is C9H14O5. The lowest BCUT2D eigenvalue weighted by atomic mass is 10.2. The molecule has 0 saturated carbocycles. The molecule has 0 amide bonds. The van der Waals surface area contributed by atoms with Gasteiger partial charge in [0.25, 0.3) is 0 Å². The van der Waals surface area contributed by atoms with Crippen LogP contribution in [0.5, 0.6) is 0 Å². The van der Waals surface area contributed by atoms with Crippen molar-refractivity contribution in [3.05, 3.63) is 24.8 Å². The summed E-state index contributed by atoms with van der Waals surface area (Å²) in [5.41, 5.74) is 0.192. The lowest BCUT2D eigenvalue weighted by Crippen LogP contribution is -2.01. The molecule has 80 valence electrons. The Balaban J connectivity index is 0. The third kappa shape index (κ3) is 13.0. The predicted molar refractivity (Wildman–Crippen MR) is 51.1 cm³/mol. The topological polar surface area (TPSA) is 83.8 Å². The molecule has 0 rings (SSSR count). The number of carboxylic acid groups (broad SMARTS) is 2. The van der Waals surface area contributed by atoms with Crippen LogP contribution < -0.4 is 0 Å². The summed E-state index contributed by atoms with van der Waals surface area (Å²) in [5.74, 6) is -1.93. The molecule has 0 aliphatic carbocycles. The quantitative estimate of drug-likeness (QED) is 0.647. The van der Waals surface area contributed by atoms with Crippen LogP contribution in [0.15, 0.2) is 24.8 Å². The third-order valence-electron chi connectivity index (χ3n) is 1.09. The van der Waals surface area contributed by atoms with E-state index in [9.17, 15) is 9.59 Å². The number of methoxy groups -OCH3 is 1. The minimum absolute atomic E-state index is 0.192. The van der Waals surface area contributed by atoms with E-state index >= 15 is 0 Å². The van der Waals surface area contributed by atoms with E-state index in [4.69, 9.17) is 10.2 Å². The van der Waals surface area contributed by atoms with Gasteiger partial charge in [-0.25, -0.2) is 9.59 Å². The highest BCUT2D eigenvalue weighted by Crippen LogP contribution is 1.96. The van der Waals surface area contributed by atoms with Crippen molar-refractivity contribution in [1.82, 2.24) is 0 Å². The summed E-state index contributed by atoms with van der Waals surface area (Å²) in [7, 11) is 1.52. The second-order valence-electron chi connectivity index (χ2n) is 2.19. The van der Waals surface area contributed by atoms with Gasteiger partial charge < -0.3 is 14.9 Å². The Hall–Kier alpha value is -1.62. The van der Waals surface area contributed by atoms with E-state index in [2.05, 4.69) is 17.9 Å². The number of aliphatic carboxylic acids is 2. The number of hydrogen-bond donors (Lipinski definition) is 2. The van der Waals surface area contributed by atoms with E-state index in [1.807, 2.05) is 0 Å². The average molecular weight is 202 g/mol. The van der Waals surface area contributed by atoms with E-state index in [0.717, 1.165) is 6.08 Å². The number of carboxylic acids is 2. The highest BCUT2D eigenvalue weighted by molar-refractivity contribution is 5.85. The zero-order valence-corrected chi connectivity index (χ0v) is 8.02. The molecule has 5 nitrogen and oxygen atoms in total. The van der Waals surface area contributed by atoms with Crippen molar-refractivity contribution < 1.29 is 24.5 Å². The van der Waals surface area contributed by atoms with Crippen LogP contribution in [0.3, 0.4) is 0 Å². The molecule has 5 heteroatoms. The smallest absolute Gasteiger partial charge is 0.331 e. The van der Waals surface area contributed by atoms with E-state index in [1.54, 1.807) is 0 Å². The standard InChI is InChI=1S/C6H10O3.C3H4O2/c1-5(6(7)8)3-4-9-2;1-2-3(4)5/h1,3-4H2,2H3,(H,7,8);2H,1H2,(H,4,5). The van der Waals surface area contributed by atoms with Gasteiger partial charge in [0.2, 0.25) is 0 Å². The van der Waals surface area contributed by atoms with Crippen LogP contribution in [0.1, 0.15) is 6.42 Å². The maximum absolute atomic E-state index is 10.1. The van der Waals surface area contributed by atoms with E-state index in [0.29, 0.717) is 13.0 Å². The van der Waals surface area contributed by atoms with Crippen LogP contribution in [-0.4, -0.2) is 35.9 Å². The number of ether oxygens (including phenoxy) is 1. The molecule has 0 saturated heterocycles. The molecule has 0 aromatic carbocycles. The Labute approximate surface area is 82.3 Å². The Bertz CT molecular complexity index is 219. The number of carbonyl (C=O) groups is 2. The lowest BCUT2D eigenvalue weighted by Gasteiger charge is -1.96. The van der Waals surface area contributed by atoms with Crippen molar-refractivity contribution >= 4 is 11.9 Å². The minimum Gasteiger partial charge on any atom is -0.478 e. The van der Waals surface area contributed by atoms with Crippen LogP contribution in [0.25, 0.3) is 0 Å². The van der Waals surface area contributed by atoms with Gasteiger partial charge in [-0.05, 0) is 0 Å². The van der Waals surface area contributed by atoms with Crippen molar-refractivity contribution in [3.63, 3.8) is 0 Å². The van der Waals surface area contributed by atoms with Gasteiger partial charge in [0, 0.05) is 25.2 Å². The van der Waals surface area contributed by atoms with E-state index in [-0.39, 0.29) is 5.57 Å². The molecule has 0 spiro atoms. The first-order valence-corrected chi connectivity index (χ1v) is 3.71. The largest absolute Gasteiger partial charge is 0.478 e. The van der Waals surface area contributed by atoms with Gasteiger partial charge >= 0.3 is 11.9 Å². The first-order chi connectivity index (χ1) is 6.45. The molecule has 0 heterocycles. The second kappa shape index (κ2) is 9.47. The van der Waals surface area contributed by atoms with Crippen LogP contribution in [0.4, 0.5) is 0 Å². The van der Waals surface area contributed by atoms with Crippen molar-refractivity contribution in [2.45, 2.75) is 6.42 Å². The summed E-state index contributed by atoms with van der Waals surface area (Å²) in [6.45, 7) is 6.69. The van der Waals surface area contributed by atoms with Crippen LogP contribution in [-0.2, 0) is 14.3 Å². The first kappa shape index (κ1) is 14.9. The molecule has 0 aliphatic rings. The fourth-order valence-corrected chi connectivity index (χ4v) is 0.332. The molecule has 0 radical (unpaired) electrons. The molecule has 14 heavy (non-hydrogen) atoms. The molecule has 2 N–H and O–H groups in total. The van der Waals surface area contributed by atoms with Gasteiger partial charge in [-0.2, -0.15) is 0 Å². The molecule has 0 aliphatic heterocycles. The van der Waals surface area contributed by atoms with Gasteiger partial charge in [-0.15, -0.1) is 0 Å². The Morgan fingerprint density at radius 1 is 1.43 bits per heavy atom. The fraction of sp³-hybridized carbons (Fsp3) is 0.333. The average Bonchev–Trinajstić information content (AvgIpc) is 2.14. The van der Waals surface area contributed by atoms with Crippen molar-refractivity contribution in [2.75, 3.05) is 13.7 Å². The molecule has 0 atom stereocenters. The van der Waals surface area contributed by atoms with E-state index < -0.39 is 11.9 Å². The van der Waals surface area contributed by atoms with Gasteiger partial charge in [0.15, 0.2) is 0 Å². The zero-order chi connectivity index (χ0) is 11.6. The highest BCUT2D eigenvalue weighted by Gasteiger charge is 2.01. The molecule has 0 bridgehead atoms. The number of hydrogen-bond acceptors (Lipinski definition) is 3. The van der Waals surface area contributed by atoms with Crippen molar-refractivity contribution in [1.29, 1.82) is 0 Å². The van der Waals surface area contributed by atoms with Gasteiger partial charge in [-0.1, -0.05) is 13.2 Å². The van der Waals surface area contributed by atoms with Gasteiger partial charge in [0.1, 0.15) is 0 Å². The summed E-state index contributed by atoms with van der Waals surface area (Å²) in [6.07, 6.45) is 1.23. The molecule has 0 aromatic rings. The zero-order valence-electron chi connectivity index (χ0n) is 8.02. The SMILES string of the molecule is C=C(CCOC)C(=O)O.C=CC(=O)O. The summed E-state index contributed by atoms with van der Waals surface area (Å²) in [4.78, 5) is 19.3. The summed E-state index contributed by atoms with van der Waals surface area (Å²) >= 11 is 0. The summed E-state index contributed by atoms with van der Waals surface area (Å²) < 4.78 is 4.64. The van der Waals surface area contributed by atoms with Crippen molar-refractivity contribution in [2.24, 2.45) is 0 Å². The van der Waals surface area contributed by atoms with Crippen LogP contribution in [0.2, 0.25) is 0 Å². The third-order valence-corrected chi connectivity index (χ3v) is 1.09. The maximum atomic E-state index is 10.1. The summed E-state index contributed by atoms with van der Waals surface area (Å²) in [6, 6.07) is 0. The molecule has 0 unspecified atom stereocenters. The van der Waals surface area contributed by atoms with Crippen LogP contribution >= 0.6 is 0 Å². The Morgan fingerprint density at radius 2 is 1.86 bits per heavy atom. The predicted octanol–water partition coefficient (Wildman–Crippen LogP) is 0.921. The molecule has 0 fully saturated rings. The maximum Gasteiger partial charge on any atom is 0.331 e. The number of rotatable bonds is 5. The van der Waals surface area contributed by atoms with Gasteiger partial charge in [-0.3, -0.25) is 0 Å². The minimum atomic E-state index is -0.981. The highest BCUT2D eigenvalue weighted by atomic mass is 16.5. The lowest BCUT2D eigenvalue weighted by molar-refractivity contribution is -0.133. The Kier molecular flexibility index (Phi) is 10.1. The Morgan fingerprint density at radius 3 is 2.07 bits per heavy atom. The second-order valence-corrected chi connectivity index (χ2v) is 2.19. The van der Waals surface area contributed by atoms with Crippen molar-refractivity contribution in [3.8, 4) is 0 Å². The van der Waals surface area contributed by atoms with Gasteiger partial charge in [0.05, 0.1) is 6.61 Å². The fourth-order valence-electron chi connectivity index (χ4n) is 0.332. The van der Waals surface area contributed by atoms with E-state index in [1.165, 1.54) is 7.11 Å². The first-order valence-electron chi connectivity index (χ1n) is 3.71.